The molecule has 0 saturated heterocycles. The molecule has 10 rings (SSSR count). The van der Waals surface area contributed by atoms with Gasteiger partial charge in [0.2, 0.25) is 0 Å². The van der Waals surface area contributed by atoms with Crippen molar-refractivity contribution in [3.05, 3.63) is 193 Å². The highest BCUT2D eigenvalue weighted by Gasteiger charge is 2.20. The lowest BCUT2D eigenvalue weighted by atomic mass is 10.0. The number of fused-ring (bicyclic) bond motifs is 12. The van der Waals surface area contributed by atoms with Crippen molar-refractivity contribution in [1.82, 2.24) is 8.97 Å². The molecular weight excluding hydrogens is 647 g/mol. The fourth-order valence-electron chi connectivity index (χ4n) is 7.88. The van der Waals surface area contributed by atoms with Crippen molar-refractivity contribution in [3.8, 4) is 5.69 Å². The summed E-state index contributed by atoms with van der Waals surface area (Å²) in [5.74, 6) is 1.14. The van der Waals surface area contributed by atoms with Gasteiger partial charge in [-0.05, 0) is 66.2 Å². The average molecular weight is 680 g/mol. The second-order valence-electron chi connectivity index (χ2n) is 13.3. The molecule has 0 unspecified atom stereocenters. The van der Waals surface area contributed by atoms with Gasteiger partial charge in [0.15, 0.2) is 11.7 Å². The quantitative estimate of drug-likeness (QED) is 0.0987. The number of pyridine rings is 1. The van der Waals surface area contributed by atoms with Crippen molar-refractivity contribution in [2.75, 3.05) is 0 Å². The van der Waals surface area contributed by atoms with Gasteiger partial charge in [-0.25, -0.2) is 9.98 Å². The zero-order valence-corrected chi connectivity index (χ0v) is 28.9. The van der Waals surface area contributed by atoms with Crippen LogP contribution in [0.3, 0.4) is 0 Å². The Hall–Kier alpha value is -7.11. The fourth-order valence-corrected chi connectivity index (χ4v) is 7.88. The van der Waals surface area contributed by atoms with E-state index in [0.717, 1.165) is 27.9 Å². The first-order valence-corrected chi connectivity index (χ1v) is 17.8. The van der Waals surface area contributed by atoms with Crippen molar-refractivity contribution < 1.29 is 0 Å². The molecule has 7 aromatic carbocycles. The molecule has 0 atom stereocenters. The minimum absolute atomic E-state index is 0.513. The van der Waals surface area contributed by atoms with Crippen LogP contribution in [-0.4, -0.2) is 27.4 Å². The van der Waals surface area contributed by atoms with Crippen LogP contribution in [0.25, 0.3) is 65.6 Å². The first kappa shape index (κ1) is 30.7. The molecule has 0 radical (unpaired) electrons. The molecule has 0 amide bonds. The first-order valence-electron chi connectivity index (χ1n) is 17.8. The van der Waals surface area contributed by atoms with Gasteiger partial charge < -0.3 is 8.97 Å². The summed E-state index contributed by atoms with van der Waals surface area (Å²) in [4.78, 5) is 14.3. The molecular formula is C48H33N5. The van der Waals surface area contributed by atoms with Crippen LogP contribution < -0.4 is 0 Å². The second-order valence-corrected chi connectivity index (χ2v) is 13.3. The summed E-state index contributed by atoms with van der Waals surface area (Å²) < 4.78 is 4.84. The Kier molecular flexibility index (Phi) is 7.29. The summed E-state index contributed by atoms with van der Waals surface area (Å²) in [6, 6.07) is 61.8. The SMILES string of the molecule is C=NC(=NC(=NCc1ccccc1)c1ccccc1)c1ccc(-n2c3ccccc3c3ccc4c(c5ccccc5c5cc6ccccc6n54)c32)cc1. The Morgan fingerprint density at radius 2 is 1.11 bits per heavy atom. The third-order valence-electron chi connectivity index (χ3n) is 10.3. The lowest BCUT2D eigenvalue weighted by molar-refractivity contribution is 1.06. The van der Waals surface area contributed by atoms with E-state index in [-0.39, 0.29) is 0 Å². The summed E-state index contributed by atoms with van der Waals surface area (Å²) in [5.41, 5.74) is 9.90. The first-order chi connectivity index (χ1) is 26.3. The van der Waals surface area contributed by atoms with E-state index >= 15 is 0 Å². The maximum atomic E-state index is 4.99. The lowest BCUT2D eigenvalue weighted by Gasteiger charge is -2.15. The van der Waals surface area contributed by atoms with E-state index in [1.165, 1.54) is 54.4 Å². The Morgan fingerprint density at radius 1 is 0.491 bits per heavy atom. The highest BCUT2D eigenvalue weighted by molar-refractivity contribution is 6.27. The standard InChI is InChI=1S/C48H33N5/c1-49-47(51-48(33-16-6-3-7-17-33)50-31-32-14-4-2-5-15-32)34-24-26-36(27-25-34)52-42-23-13-11-20-38(42)40-28-29-43-45(46(40)52)39-21-10-9-19-37(39)44-30-35-18-8-12-22-41(35)53(43)44/h2-30H,1,31H2. The van der Waals surface area contributed by atoms with Crippen molar-refractivity contribution in [2.45, 2.75) is 6.54 Å². The molecule has 3 aromatic heterocycles. The van der Waals surface area contributed by atoms with Crippen molar-refractivity contribution >= 4 is 78.3 Å². The topological polar surface area (TPSA) is 46.4 Å². The largest absolute Gasteiger partial charge is 0.309 e. The summed E-state index contributed by atoms with van der Waals surface area (Å²) in [6.45, 7) is 4.43. The zero-order chi connectivity index (χ0) is 35.3. The minimum atomic E-state index is 0.513. The number of aliphatic imine (C=N–C) groups is 3. The molecule has 53 heavy (non-hydrogen) atoms. The third kappa shape index (κ3) is 5.05. The van der Waals surface area contributed by atoms with Crippen LogP contribution in [0.2, 0.25) is 0 Å². The van der Waals surface area contributed by atoms with Crippen LogP contribution in [0.1, 0.15) is 16.7 Å². The molecule has 0 bridgehead atoms. The number of aromatic nitrogens is 2. The number of para-hydroxylation sites is 2. The van der Waals surface area contributed by atoms with Gasteiger partial charge in [-0.1, -0.05) is 127 Å². The Labute approximate surface area is 306 Å². The molecule has 0 aliphatic heterocycles. The molecule has 0 aliphatic rings. The zero-order valence-electron chi connectivity index (χ0n) is 28.9. The molecule has 5 heteroatoms. The van der Waals surface area contributed by atoms with Crippen molar-refractivity contribution in [1.29, 1.82) is 0 Å². The summed E-state index contributed by atoms with van der Waals surface area (Å²) in [5, 5.41) is 7.36. The summed E-state index contributed by atoms with van der Waals surface area (Å²) >= 11 is 0. The van der Waals surface area contributed by atoms with Gasteiger partial charge >= 0.3 is 0 Å². The predicted molar refractivity (Wildman–Crippen MR) is 223 cm³/mol. The Morgan fingerprint density at radius 3 is 1.87 bits per heavy atom. The van der Waals surface area contributed by atoms with E-state index in [1.54, 1.807) is 0 Å². The van der Waals surface area contributed by atoms with Gasteiger partial charge in [-0.2, -0.15) is 0 Å². The maximum Gasteiger partial charge on any atom is 0.161 e. The number of hydrogen-bond acceptors (Lipinski definition) is 1. The Balaban J connectivity index is 1.18. The number of rotatable bonds is 5. The monoisotopic (exact) mass is 679 g/mol. The number of amidine groups is 2. The molecule has 3 heterocycles. The van der Waals surface area contributed by atoms with E-state index in [2.05, 4.69) is 148 Å². The molecule has 250 valence electrons. The molecule has 0 N–H and O–H groups in total. The van der Waals surface area contributed by atoms with E-state index in [9.17, 15) is 0 Å². The van der Waals surface area contributed by atoms with Crippen LogP contribution in [0, 0.1) is 0 Å². The van der Waals surface area contributed by atoms with Gasteiger partial charge in [0, 0.05) is 43.7 Å². The number of nitrogens with zero attached hydrogens (tertiary/aromatic N) is 5. The molecule has 0 spiro atoms. The van der Waals surface area contributed by atoms with E-state index in [1.807, 2.05) is 48.5 Å². The highest BCUT2D eigenvalue weighted by Crippen LogP contribution is 2.42. The molecule has 10 aromatic rings. The van der Waals surface area contributed by atoms with Crippen LogP contribution in [0.15, 0.2) is 191 Å². The summed E-state index contributed by atoms with van der Waals surface area (Å²) in [7, 11) is 0. The fraction of sp³-hybridized carbons (Fsp3) is 0.0208. The van der Waals surface area contributed by atoms with E-state index in [4.69, 9.17) is 9.98 Å². The lowest BCUT2D eigenvalue weighted by Crippen LogP contribution is -2.06. The average Bonchev–Trinajstić information content (AvgIpc) is 3.79. The van der Waals surface area contributed by atoms with Crippen LogP contribution >= 0.6 is 0 Å². The van der Waals surface area contributed by atoms with Gasteiger partial charge in [0.1, 0.15) is 0 Å². The van der Waals surface area contributed by atoms with Crippen LogP contribution in [-0.2, 0) is 6.54 Å². The number of benzene rings is 7. The van der Waals surface area contributed by atoms with Crippen LogP contribution in [0.4, 0.5) is 0 Å². The van der Waals surface area contributed by atoms with Gasteiger partial charge in [-0.15, -0.1) is 0 Å². The Bertz CT molecular complexity index is 3080. The molecule has 0 saturated carbocycles. The molecule has 0 fully saturated rings. The van der Waals surface area contributed by atoms with Crippen molar-refractivity contribution in [2.24, 2.45) is 15.0 Å². The third-order valence-corrected chi connectivity index (χ3v) is 10.3. The smallest absolute Gasteiger partial charge is 0.161 e. The van der Waals surface area contributed by atoms with Crippen molar-refractivity contribution in [3.63, 3.8) is 0 Å². The minimum Gasteiger partial charge on any atom is -0.309 e. The van der Waals surface area contributed by atoms with Crippen LogP contribution in [0.5, 0.6) is 0 Å². The van der Waals surface area contributed by atoms with Gasteiger partial charge in [0.25, 0.3) is 0 Å². The van der Waals surface area contributed by atoms with E-state index < -0.39 is 0 Å². The summed E-state index contributed by atoms with van der Waals surface area (Å²) in [6.07, 6.45) is 0. The van der Waals surface area contributed by atoms with Gasteiger partial charge in [0.05, 0.1) is 34.1 Å². The molecule has 0 aliphatic carbocycles. The van der Waals surface area contributed by atoms with E-state index in [0.29, 0.717) is 18.2 Å². The van der Waals surface area contributed by atoms with Gasteiger partial charge in [-0.3, -0.25) is 4.99 Å². The molecule has 5 nitrogen and oxygen atoms in total. The predicted octanol–water partition coefficient (Wildman–Crippen LogP) is 11.6. The normalized spacial score (nSPS) is 12.5. The second kappa shape index (κ2) is 12.6. The number of hydrogen-bond donors (Lipinski definition) is 0. The maximum absolute atomic E-state index is 4.99. The highest BCUT2D eigenvalue weighted by atomic mass is 15.0.